The molecule has 0 N–H and O–H groups in total. The average molecular weight is 355 g/mol. The lowest BCUT2D eigenvalue weighted by Gasteiger charge is -2.25. The van der Waals surface area contributed by atoms with Crippen LogP contribution in [0.5, 0.6) is 0 Å². The molecule has 5 heteroatoms. The van der Waals surface area contributed by atoms with Crippen LogP contribution in [0, 0.1) is 18.2 Å². The highest BCUT2D eigenvalue weighted by molar-refractivity contribution is 5.77. The molecule has 0 saturated heterocycles. The summed E-state index contributed by atoms with van der Waals surface area (Å²) in [5, 5.41) is 0. The highest BCUT2D eigenvalue weighted by atomic mass is 19.1. The van der Waals surface area contributed by atoms with Crippen molar-refractivity contribution in [3.63, 3.8) is 0 Å². The van der Waals surface area contributed by atoms with Crippen molar-refractivity contribution in [3.8, 4) is 11.4 Å². The van der Waals surface area contributed by atoms with Gasteiger partial charge in [0.25, 0.3) is 0 Å². The van der Waals surface area contributed by atoms with E-state index in [0.29, 0.717) is 25.3 Å². The summed E-state index contributed by atoms with van der Waals surface area (Å²) in [4.78, 5) is 23.9. The SMILES string of the molecule is Cc1nc(-c2ccc(F)cc2)nc2c1CCN(C(=O)CC(C)(C)C)CC2. The Hall–Kier alpha value is -2.30. The number of nitrogens with zero attached hydrogens (tertiary/aromatic N) is 3. The number of carbonyl (C=O) groups excluding carboxylic acids is 1. The average Bonchev–Trinajstić information content (AvgIpc) is 2.77. The van der Waals surface area contributed by atoms with Gasteiger partial charge in [0, 0.05) is 42.9 Å². The van der Waals surface area contributed by atoms with E-state index in [1.54, 1.807) is 12.1 Å². The largest absolute Gasteiger partial charge is 0.342 e. The maximum Gasteiger partial charge on any atom is 0.223 e. The van der Waals surface area contributed by atoms with Gasteiger partial charge in [-0.05, 0) is 48.6 Å². The zero-order valence-electron chi connectivity index (χ0n) is 16.0. The maximum absolute atomic E-state index is 13.2. The van der Waals surface area contributed by atoms with Crippen LogP contribution in [0.4, 0.5) is 4.39 Å². The lowest BCUT2D eigenvalue weighted by Crippen LogP contribution is -2.35. The Morgan fingerprint density at radius 2 is 1.77 bits per heavy atom. The molecule has 0 radical (unpaired) electrons. The third-order valence-electron chi connectivity index (χ3n) is 4.69. The molecule has 1 aromatic carbocycles. The van der Waals surface area contributed by atoms with Crippen LogP contribution in [-0.2, 0) is 17.6 Å². The first-order valence-corrected chi connectivity index (χ1v) is 9.13. The van der Waals surface area contributed by atoms with Gasteiger partial charge in [0.05, 0.1) is 0 Å². The normalized spacial score (nSPS) is 14.7. The van der Waals surface area contributed by atoms with Gasteiger partial charge in [0.2, 0.25) is 5.91 Å². The van der Waals surface area contributed by atoms with E-state index in [4.69, 9.17) is 4.98 Å². The summed E-state index contributed by atoms with van der Waals surface area (Å²) in [5.41, 5.74) is 3.88. The van der Waals surface area contributed by atoms with Crippen LogP contribution >= 0.6 is 0 Å². The molecule has 2 aromatic rings. The van der Waals surface area contributed by atoms with Crippen LogP contribution in [0.1, 0.15) is 44.1 Å². The maximum atomic E-state index is 13.2. The molecule has 4 nitrogen and oxygen atoms in total. The van der Waals surface area contributed by atoms with E-state index in [1.165, 1.54) is 12.1 Å². The summed E-state index contributed by atoms with van der Waals surface area (Å²) in [7, 11) is 0. The van der Waals surface area contributed by atoms with E-state index in [9.17, 15) is 9.18 Å². The molecule has 0 atom stereocenters. The van der Waals surface area contributed by atoms with Crippen LogP contribution in [0.2, 0.25) is 0 Å². The minimum absolute atomic E-state index is 0.0122. The number of halogens is 1. The Morgan fingerprint density at radius 1 is 1.12 bits per heavy atom. The molecule has 0 saturated carbocycles. The van der Waals surface area contributed by atoms with Crippen molar-refractivity contribution in [2.75, 3.05) is 13.1 Å². The number of fused-ring (bicyclic) bond motifs is 1. The first-order chi connectivity index (χ1) is 12.2. The third kappa shape index (κ3) is 4.26. The van der Waals surface area contributed by atoms with Gasteiger partial charge in [-0.15, -0.1) is 0 Å². The minimum Gasteiger partial charge on any atom is -0.342 e. The molecule has 0 aliphatic carbocycles. The zero-order chi connectivity index (χ0) is 18.9. The lowest BCUT2D eigenvalue weighted by atomic mass is 9.91. The molecule has 26 heavy (non-hydrogen) atoms. The molecule has 2 heterocycles. The van der Waals surface area contributed by atoms with Crippen molar-refractivity contribution in [3.05, 3.63) is 47.0 Å². The Bertz CT molecular complexity index is 809. The van der Waals surface area contributed by atoms with E-state index in [0.717, 1.165) is 35.4 Å². The summed E-state index contributed by atoms with van der Waals surface area (Å²) in [5.74, 6) is 0.554. The fourth-order valence-electron chi connectivity index (χ4n) is 3.33. The standard InChI is InChI=1S/C21H26FN3O/c1-14-17-9-11-25(19(26)13-21(2,3)4)12-10-18(17)24-20(23-14)15-5-7-16(22)8-6-15/h5-8H,9-13H2,1-4H3. The van der Waals surface area contributed by atoms with Crippen LogP contribution in [-0.4, -0.2) is 33.9 Å². The predicted molar refractivity (Wildman–Crippen MR) is 100 cm³/mol. The van der Waals surface area contributed by atoms with Crippen LogP contribution in [0.25, 0.3) is 11.4 Å². The van der Waals surface area contributed by atoms with E-state index >= 15 is 0 Å². The molecule has 1 aromatic heterocycles. The number of carbonyl (C=O) groups is 1. The van der Waals surface area contributed by atoms with Gasteiger partial charge in [-0.2, -0.15) is 0 Å². The number of benzene rings is 1. The monoisotopic (exact) mass is 355 g/mol. The van der Waals surface area contributed by atoms with Crippen molar-refractivity contribution in [2.24, 2.45) is 5.41 Å². The fraction of sp³-hybridized carbons (Fsp3) is 0.476. The number of aryl methyl sites for hydroxylation is 1. The smallest absolute Gasteiger partial charge is 0.223 e. The quantitative estimate of drug-likeness (QED) is 0.819. The molecule has 1 aliphatic heterocycles. The number of amides is 1. The van der Waals surface area contributed by atoms with Crippen LogP contribution in [0.15, 0.2) is 24.3 Å². The Balaban J connectivity index is 1.83. The molecule has 0 spiro atoms. The van der Waals surface area contributed by atoms with Gasteiger partial charge in [0.15, 0.2) is 5.82 Å². The molecule has 3 rings (SSSR count). The first-order valence-electron chi connectivity index (χ1n) is 9.13. The second kappa shape index (κ2) is 7.14. The highest BCUT2D eigenvalue weighted by Crippen LogP contribution is 2.24. The van der Waals surface area contributed by atoms with Crippen molar-refractivity contribution in [1.29, 1.82) is 0 Å². The summed E-state index contributed by atoms with van der Waals surface area (Å²) < 4.78 is 13.2. The summed E-state index contributed by atoms with van der Waals surface area (Å²) in [6.45, 7) is 9.63. The second-order valence-corrected chi connectivity index (χ2v) is 8.18. The second-order valence-electron chi connectivity index (χ2n) is 8.18. The molecule has 1 amide bonds. The van der Waals surface area contributed by atoms with Gasteiger partial charge in [-0.25, -0.2) is 14.4 Å². The van der Waals surface area contributed by atoms with Gasteiger partial charge in [0.1, 0.15) is 5.82 Å². The van der Waals surface area contributed by atoms with E-state index < -0.39 is 0 Å². The summed E-state index contributed by atoms with van der Waals surface area (Å²) >= 11 is 0. The van der Waals surface area contributed by atoms with Gasteiger partial charge >= 0.3 is 0 Å². The molecule has 138 valence electrons. The lowest BCUT2D eigenvalue weighted by molar-refractivity contribution is -0.133. The summed E-state index contributed by atoms with van der Waals surface area (Å²) in [6.07, 6.45) is 2.05. The Morgan fingerprint density at radius 3 is 2.42 bits per heavy atom. The van der Waals surface area contributed by atoms with Crippen molar-refractivity contribution < 1.29 is 9.18 Å². The molecule has 0 unspecified atom stereocenters. The van der Waals surface area contributed by atoms with E-state index in [1.807, 2.05) is 11.8 Å². The van der Waals surface area contributed by atoms with Crippen molar-refractivity contribution in [1.82, 2.24) is 14.9 Å². The summed E-state index contributed by atoms with van der Waals surface area (Å²) in [6, 6.07) is 6.25. The Labute approximate surface area is 154 Å². The third-order valence-corrected chi connectivity index (χ3v) is 4.69. The molecule has 1 aliphatic rings. The van der Waals surface area contributed by atoms with Crippen LogP contribution < -0.4 is 0 Å². The van der Waals surface area contributed by atoms with Crippen LogP contribution in [0.3, 0.4) is 0 Å². The topological polar surface area (TPSA) is 46.1 Å². The van der Waals surface area contributed by atoms with E-state index in [-0.39, 0.29) is 17.1 Å². The number of hydrogen-bond donors (Lipinski definition) is 0. The van der Waals surface area contributed by atoms with Gasteiger partial charge in [-0.1, -0.05) is 20.8 Å². The molecular formula is C21H26FN3O. The molecular weight excluding hydrogens is 329 g/mol. The fourth-order valence-corrected chi connectivity index (χ4v) is 3.33. The minimum atomic E-state index is -0.270. The highest BCUT2D eigenvalue weighted by Gasteiger charge is 2.25. The molecule has 0 fully saturated rings. The van der Waals surface area contributed by atoms with Crippen molar-refractivity contribution >= 4 is 5.91 Å². The zero-order valence-corrected chi connectivity index (χ0v) is 16.0. The molecule has 0 bridgehead atoms. The number of aromatic nitrogens is 2. The first kappa shape index (κ1) is 18.5. The number of rotatable bonds is 2. The predicted octanol–water partition coefficient (Wildman–Crippen LogP) is 3.95. The number of hydrogen-bond acceptors (Lipinski definition) is 3. The Kier molecular flexibility index (Phi) is 5.08. The van der Waals surface area contributed by atoms with E-state index in [2.05, 4.69) is 25.8 Å². The van der Waals surface area contributed by atoms with Gasteiger partial charge in [-0.3, -0.25) is 4.79 Å². The van der Waals surface area contributed by atoms with Crippen molar-refractivity contribution in [2.45, 2.75) is 47.0 Å². The van der Waals surface area contributed by atoms with Gasteiger partial charge < -0.3 is 4.90 Å².